The first-order valence-corrected chi connectivity index (χ1v) is 7.36. The van der Waals surface area contributed by atoms with Crippen LogP contribution in [-0.2, 0) is 9.05 Å². The number of ether oxygens (including phenoxy) is 2. The molecule has 0 fully saturated rings. The second-order valence-electron chi connectivity index (χ2n) is 3.47. The van der Waals surface area contributed by atoms with Gasteiger partial charge >= 0.3 is 0 Å². The maximum Gasteiger partial charge on any atom is 0.296 e. The van der Waals surface area contributed by atoms with E-state index in [1.165, 1.54) is 14.2 Å². The highest BCUT2D eigenvalue weighted by molar-refractivity contribution is 8.13. The number of hydrogen-bond donors (Lipinski definition) is 1. The largest absolute Gasteiger partial charge is 0.493 e. The molecule has 2 rings (SSSR count). The Balaban J connectivity index is 2.45. The van der Waals surface area contributed by atoms with Crippen LogP contribution in [0.2, 0.25) is 0 Å². The summed E-state index contributed by atoms with van der Waals surface area (Å²) in [7, 11) is 4.24. The van der Waals surface area contributed by atoms with E-state index in [4.69, 9.17) is 20.2 Å². The van der Waals surface area contributed by atoms with Crippen molar-refractivity contribution in [1.82, 2.24) is 15.2 Å². The minimum Gasteiger partial charge on any atom is -0.493 e. The van der Waals surface area contributed by atoms with E-state index >= 15 is 0 Å². The van der Waals surface area contributed by atoms with E-state index in [9.17, 15) is 8.42 Å². The molecule has 0 atom stereocenters. The summed E-state index contributed by atoms with van der Waals surface area (Å²) in [6.07, 6.45) is 0. The zero-order valence-electron chi connectivity index (χ0n) is 10.0. The fraction of sp³-hybridized carbons (Fsp3) is 0.200. The van der Waals surface area contributed by atoms with Crippen LogP contribution in [0.4, 0.5) is 0 Å². The lowest BCUT2D eigenvalue weighted by Gasteiger charge is -2.07. The molecule has 1 heterocycles. The van der Waals surface area contributed by atoms with Gasteiger partial charge in [-0.1, -0.05) is 0 Å². The third kappa shape index (κ3) is 2.79. The molecule has 102 valence electrons. The molecule has 0 aliphatic heterocycles. The van der Waals surface area contributed by atoms with Crippen LogP contribution in [0.5, 0.6) is 11.5 Å². The van der Waals surface area contributed by atoms with Gasteiger partial charge in [0, 0.05) is 16.2 Å². The van der Waals surface area contributed by atoms with Gasteiger partial charge in [-0.3, -0.25) is 0 Å². The van der Waals surface area contributed by atoms with Crippen LogP contribution >= 0.6 is 10.7 Å². The third-order valence-electron chi connectivity index (χ3n) is 2.34. The van der Waals surface area contributed by atoms with E-state index in [-0.39, 0.29) is 5.82 Å². The zero-order chi connectivity index (χ0) is 14.0. The first-order chi connectivity index (χ1) is 8.95. The van der Waals surface area contributed by atoms with Gasteiger partial charge in [-0.2, -0.15) is 10.1 Å². The number of nitrogens with zero attached hydrogens (tertiary/aromatic N) is 2. The van der Waals surface area contributed by atoms with Gasteiger partial charge in [-0.05, 0) is 18.2 Å². The van der Waals surface area contributed by atoms with Crippen molar-refractivity contribution in [3.05, 3.63) is 18.2 Å². The summed E-state index contributed by atoms with van der Waals surface area (Å²) in [5.41, 5.74) is 0.570. The van der Waals surface area contributed by atoms with E-state index in [0.717, 1.165) is 0 Å². The van der Waals surface area contributed by atoms with Crippen LogP contribution in [0.3, 0.4) is 0 Å². The number of rotatable bonds is 4. The summed E-state index contributed by atoms with van der Waals surface area (Å²) in [6, 6.07) is 4.97. The molecule has 0 radical (unpaired) electrons. The highest BCUT2D eigenvalue weighted by Crippen LogP contribution is 2.31. The molecule has 7 nitrogen and oxygen atoms in total. The van der Waals surface area contributed by atoms with Crippen molar-refractivity contribution in [3.8, 4) is 22.9 Å². The molecular formula is C10H10ClN3O4S. The molecule has 9 heteroatoms. The number of aromatic nitrogens is 3. The quantitative estimate of drug-likeness (QED) is 0.858. The van der Waals surface area contributed by atoms with Gasteiger partial charge in [0.1, 0.15) is 0 Å². The zero-order valence-corrected chi connectivity index (χ0v) is 11.6. The summed E-state index contributed by atoms with van der Waals surface area (Å²) in [4.78, 5) is 3.80. The predicted octanol–water partition coefficient (Wildman–Crippen LogP) is 1.42. The smallest absolute Gasteiger partial charge is 0.296 e. The molecule has 2 aromatic rings. The summed E-state index contributed by atoms with van der Waals surface area (Å²) in [5, 5.41) is 5.64. The van der Waals surface area contributed by atoms with Crippen molar-refractivity contribution in [3.63, 3.8) is 0 Å². The number of nitrogens with one attached hydrogen (secondary N) is 1. The van der Waals surface area contributed by atoms with Crippen molar-refractivity contribution in [1.29, 1.82) is 0 Å². The van der Waals surface area contributed by atoms with Gasteiger partial charge in [0.2, 0.25) is 0 Å². The Bertz CT molecular complexity index is 699. The molecule has 0 saturated carbocycles. The first kappa shape index (κ1) is 13.6. The Morgan fingerprint density at radius 1 is 1.21 bits per heavy atom. The molecule has 1 aromatic carbocycles. The number of benzene rings is 1. The summed E-state index contributed by atoms with van der Waals surface area (Å²) in [6.45, 7) is 0. The number of aromatic amines is 1. The summed E-state index contributed by atoms with van der Waals surface area (Å²) < 4.78 is 32.4. The standard InChI is InChI=1S/C10H10ClN3O4S/c1-17-7-4-3-6(5-8(7)18-2)9-12-10(14-13-9)19(11,15)16/h3-5H,1-2H3,(H,12,13,14). The maximum atomic E-state index is 11.1. The lowest BCUT2D eigenvalue weighted by Crippen LogP contribution is -1.93. The van der Waals surface area contributed by atoms with Crippen molar-refractivity contribution in [2.75, 3.05) is 14.2 Å². The minimum atomic E-state index is -3.93. The normalized spacial score (nSPS) is 11.3. The molecule has 0 aliphatic rings. The molecule has 0 spiro atoms. The SMILES string of the molecule is COc1ccc(-c2n[nH]c(S(=O)(=O)Cl)n2)cc1OC. The van der Waals surface area contributed by atoms with E-state index in [0.29, 0.717) is 17.1 Å². The lowest BCUT2D eigenvalue weighted by atomic mass is 10.2. The van der Waals surface area contributed by atoms with Crippen LogP contribution < -0.4 is 9.47 Å². The van der Waals surface area contributed by atoms with E-state index < -0.39 is 14.2 Å². The van der Waals surface area contributed by atoms with Crippen LogP contribution in [0.1, 0.15) is 0 Å². The molecule has 0 aliphatic carbocycles. The Morgan fingerprint density at radius 3 is 2.42 bits per heavy atom. The highest BCUT2D eigenvalue weighted by atomic mass is 35.7. The lowest BCUT2D eigenvalue weighted by molar-refractivity contribution is 0.355. The Kier molecular flexibility index (Phi) is 3.63. The molecule has 0 bridgehead atoms. The molecule has 0 unspecified atom stereocenters. The van der Waals surface area contributed by atoms with Gasteiger partial charge in [-0.25, -0.2) is 13.5 Å². The van der Waals surface area contributed by atoms with Crippen molar-refractivity contribution < 1.29 is 17.9 Å². The van der Waals surface area contributed by atoms with Crippen LogP contribution in [-0.4, -0.2) is 37.8 Å². The minimum absolute atomic E-state index is 0.195. The van der Waals surface area contributed by atoms with E-state index in [1.54, 1.807) is 18.2 Å². The number of methoxy groups -OCH3 is 2. The average molecular weight is 304 g/mol. The van der Waals surface area contributed by atoms with Crippen LogP contribution in [0, 0.1) is 0 Å². The Hall–Kier alpha value is -1.80. The number of hydrogen-bond acceptors (Lipinski definition) is 6. The van der Waals surface area contributed by atoms with Gasteiger partial charge in [0.05, 0.1) is 14.2 Å². The molecule has 1 N–H and O–H groups in total. The summed E-state index contributed by atoms with van der Waals surface area (Å²) in [5.74, 6) is 1.23. The van der Waals surface area contributed by atoms with Crippen LogP contribution in [0.25, 0.3) is 11.4 Å². The van der Waals surface area contributed by atoms with Crippen molar-refractivity contribution in [2.24, 2.45) is 0 Å². The van der Waals surface area contributed by atoms with Gasteiger partial charge in [-0.15, -0.1) is 0 Å². The fourth-order valence-electron chi connectivity index (χ4n) is 1.46. The Labute approximate surface area is 113 Å². The Morgan fingerprint density at radius 2 is 1.89 bits per heavy atom. The maximum absolute atomic E-state index is 11.1. The number of H-pyrrole nitrogens is 1. The summed E-state index contributed by atoms with van der Waals surface area (Å²) >= 11 is 0. The molecule has 1 aromatic heterocycles. The average Bonchev–Trinajstić information content (AvgIpc) is 2.87. The molecule has 0 saturated heterocycles. The van der Waals surface area contributed by atoms with Crippen molar-refractivity contribution in [2.45, 2.75) is 5.16 Å². The van der Waals surface area contributed by atoms with E-state index in [2.05, 4.69) is 15.2 Å². The highest BCUT2D eigenvalue weighted by Gasteiger charge is 2.17. The fourth-order valence-corrected chi connectivity index (χ4v) is 2.02. The van der Waals surface area contributed by atoms with Gasteiger partial charge in [0.15, 0.2) is 17.3 Å². The number of halogens is 1. The van der Waals surface area contributed by atoms with Crippen LogP contribution in [0.15, 0.2) is 23.4 Å². The van der Waals surface area contributed by atoms with E-state index in [1.807, 2.05) is 0 Å². The topological polar surface area (TPSA) is 94.2 Å². The monoisotopic (exact) mass is 303 g/mol. The van der Waals surface area contributed by atoms with Gasteiger partial charge < -0.3 is 9.47 Å². The second kappa shape index (κ2) is 5.06. The predicted molar refractivity (Wildman–Crippen MR) is 68.0 cm³/mol. The second-order valence-corrected chi connectivity index (χ2v) is 5.95. The first-order valence-electron chi connectivity index (χ1n) is 5.05. The van der Waals surface area contributed by atoms with Crippen molar-refractivity contribution >= 4 is 19.7 Å². The van der Waals surface area contributed by atoms with Gasteiger partial charge in [0.25, 0.3) is 14.2 Å². The third-order valence-corrected chi connectivity index (χ3v) is 3.42. The molecular weight excluding hydrogens is 294 g/mol. The molecule has 19 heavy (non-hydrogen) atoms. The molecule has 0 amide bonds.